The van der Waals surface area contributed by atoms with Crippen LogP contribution < -0.4 is 4.74 Å². The summed E-state index contributed by atoms with van der Waals surface area (Å²) >= 11 is 0. The topological polar surface area (TPSA) is 35.0 Å². The number of benzene rings is 2. The Morgan fingerprint density at radius 3 is 2.30 bits per heavy atom. The van der Waals surface area contributed by atoms with Crippen LogP contribution in [0.3, 0.4) is 0 Å². The van der Waals surface area contributed by atoms with Gasteiger partial charge in [-0.1, -0.05) is 18.2 Å². The number of ether oxygens (including phenoxy) is 1. The Morgan fingerprint density at radius 1 is 0.741 bits per heavy atom. The minimum Gasteiger partial charge on any atom is -0.457 e. The third kappa shape index (κ3) is 3.74. The van der Waals surface area contributed by atoms with Gasteiger partial charge in [0.2, 0.25) is 0 Å². The van der Waals surface area contributed by atoms with E-state index >= 15 is 0 Å². The van der Waals surface area contributed by atoms with Crippen molar-refractivity contribution in [3.63, 3.8) is 0 Å². The van der Waals surface area contributed by atoms with Crippen molar-refractivity contribution in [3.8, 4) is 22.8 Å². The summed E-state index contributed by atoms with van der Waals surface area (Å²) in [6.45, 7) is 0. The fraction of sp³-hybridized carbons (Fsp3) is 0.0476. The van der Waals surface area contributed by atoms with E-state index in [9.17, 15) is 13.2 Å². The molecule has 27 heavy (non-hydrogen) atoms. The van der Waals surface area contributed by atoms with Gasteiger partial charge in [0.15, 0.2) is 0 Å². The largest absolute Gasteiger partial charge is 0.457 e. The van der Waals surface area contributed by atoms with Gasteiger partial charge < -0.3 is 4.74 Å². The Morgan fingerprint density at radius 2 is 1.52 bits per heavy atom. The molecule has 0 spiro atoms. The van der Waals surface area contributed by atoms with Crippen molar-refractivity contribution in [2.75, 3.05) is 0 Å². The van der Waals surface area contributed by atoms with E-state index in [4.69, 9.17) is 4.74 Å². The lowest BCUT2D eigenvalue weighted by atomic mass is 10.1. The van der Waals surface area contributed by atoms with Crippen LogP contribution in [0.15, 0.2) is 79.1 Å². The molecular formula is C21H13F3N2O. The van der Waals surface area contributed by atoms with Crippen LogP contribution in [0.5, 0.6) is 11.5 Å². The van der Waals surface area contributed by atoms with Crippen molar-refractivity contribution in [2.24, 2.45) is 0 Å². The summed E-state index contributed by atoms with van der Waals surface area (Å²) in [5, 5.41) is 1.00. The van der Waals surface area contributed by atoms with Gasteiger partial charge in [0, 0.05) is 35.5 Å². The van der Waals surface area contributed by atoms with Crippen LogP contribution in [-0.2, 0) is 6.18 Å². The predicted molar refractivity (Wildman–Crippen MR) is 96.5 cm³/mol. The Labute approximate surface area is 153 Å². The van der Waals surface area contributed by atoms with Gasteiger partial charge in [0.05, 0.1) is 16.8 Å². The first kappa shape index (κ1) is 17.0. The molecule has 0 unspecified atom stereocenters. The molecule has 4 aromatic rings. The van der Waals surface area contributed by atoms with E-state index in [2.05, 4.69) is 9.97 Å². The highest BCUT2D eigenvalue weighted by Crippen LogP contribution is 2.32. The van der Waals surface area contributed by atoms with E-state index in [1.54, 1.807) is 24.5 Å². The number of halogens is 3. The zero-order valence-electron chi connectivity index (χ0n) is 13.9. The number of pyridine rings is 2. The summed E-state index contributed by atoms with van der Waals surface area (Å²) in [4.78, 5) is 8.51. The summed E-state index contributed by atoms with van der Waals surface area (Å²) < 4.78 is 44.0. The van der Waals surface area contributed by atoms with E-state index in [1.165, 1.54) is 12.1 Å². The molecule has 0 bridgehead atoms. The molecule has 0 aliphatic carbocycles. The van der Waals surface area contributed by atoms with Gasteiger partial charge in [-0.15, -0.1) is 0 Å². The molecular weight excluding hydrogens is 353 g/mol. The van der Waals surface area contributed by atoms with Crippen LogP contribution in [0, 0.1) is 0 Å². The number of nitrogens with zero attached hydrogens (tertiary/aromatic N) is 2. The number of rotatable bonds is 3. The van der Waals surface area contributed by atoms with Crippen LogP contribution in [-0.4, -0.2) is 9.97 Å². The molecule has 2 aromatic heterocycles. The van der Waals surface area contributed by atoms with E-state index in [-0.39, 0.29) is 0 Å². The Bertz CT molecular complexity index is 1090. The molecule has 0 radical (unpaired) electrons. The molecule has 0 N–H and O–H groups in total. The Hall–Kier alpha value is -3.41. The number of hydrogen-bond acceptors (Lipinski definition) is 3. The van der Waals surface area contributed by atoms with Crippen LogP contribution in [0.1, 0.15) is 5.56 Å². The van der Waals surface area contributed by atoms with Gasteiger partial charge in [-0.05, 0) is 36.4 Å². The smallest absolute Gasteiger partial charge is 0.416 e. The number of fused-ring (bicyclic) bond motifs is 1. The average molecular weight is 366 g/mol. The Balaban J connectivity index is 1.60. The van der Waals surface area contributed by atoms with Crippen molar-refractivity contribution >= 4 is 10.9 Å². The van der Waals surface area contributed by atoms with Gasteiger partial charge >= 0.3 is 6.18 Å². The molecule has 2 aromatic carbocycles. The first-order chi connectivity index (χ1) is 13.0. The summed E-state index contributed by atoms with van der Waals surface area (Å²) in [6, 6.07) is 17.7. The van der Waals surface area contributed by atoms with Gasteiger partial charge in [0.1, 0.15) is 11.5 Å². The van der Waals surface area contributed by atoms with Crippen LogP contribution in [0.2, 0.25) is 0 Å². The standard InChI is InChI=1S/C21H13F3N2O/c22-21(23,24)16-6-3-15(4-7-16)20-13-18(9-11-26-20)27-17-8-5-14-2-1-10-25-19(14)12-17/h1-13H. The van der Waals surface area contributed by atoms with E-state index in [0.29, 0.717) is 22.8 Å². The molecule has 134 valence electrons. The average Bonchev–Trinajstić information content (AvgIpc) is 2.68. The molecule has 4 rings (SSSR count). The van der Waals surface area contributed by atoms with Gasteiger partial charge in [-0.25, -0.2) is 0 Å². The summed E-state index contributed by atoms with van der Waals surface area (Å²) in [6.07, 6.45) is -1.09. The zero-order chi connectivity index (χ0) is 18.9. The normalized spacial score (nSPS) is 11.5. The molecule has 0 saturated heterocycles. The Kier molecular flexibility index (Phi) is 4.24. The zero-order valence-corrected chi connectivity index (χ0v) is 13.9. The highest BCUT2D eigenvalue weighted by molar-refractivity contribution is 5.79. The van der Waals surface area contributed by atoms with Crippen molar-refractivity contribution in [1.82, 2.24) is 9.97 Å². The van der Waals surface area contributed by atoms with E-state index < -0.39 is 11.7 Å². The maximum atomic E-state index is 12.7. The van der Waals surface area contributed by atoms with Gasteiger partial charge in [-0.3, -0.25) is 9.97 Å². The number of alkyl halides is 3. The second kappa shape index (κ2) is 6.72. The first-order valence-corrected chi connectivity index (χ1v) is 8.15. The third-order valence-electron chi connectivity index (χ3n) is 4.05. The predicted octanol–water partition coefficient (Wildman–Crippen LogP) is 6.11. The monoisotopic (exact) mass is 366 g/mol. The van der Waals surface area contributed by atoms with Crippen molar-refractivity contribution < 1.29 is 17.9 Å². The van der Waals surface area contributed by atoms with E-state index in [0.717, 1.165) is 23.0 Å². The number of hydrogen-bond donors (Lipinski definition) is 0. The maximum absolute atomic E-state index is 12.7. The quantitative estimate of drug-likeness (QED) is 0.439. The van der Waals surface area contributed by atoms with Crippen molar-refractivity contribution in [1.29, 1.82) is 0 Å². The lowest BCUT2D eigenvalue weighted by Crippen LogP contribution is -2.04. The molecule has 0 atom stereocenters. The summed E-state index contributed by atoms with van der Waals surface area (Å²) in [5.41, 5.74) is 1.23. The molecule has 6 heteroatoms. The van der Waals surface area contributed by atoms with Gasteiger partial charge in [0.25, 0.3) is 0 Å². The lowest BCUT2D eigenvalue weighted by molar-refractivity contribution is -0.137. The molecule has 3 nitrogen and oxygen atoms in total. The fourth-order valence-corrected chi connectivity index (χ4v) is 2.71. The molecule has 0 aliphatic heterocycles. The minimum absolute atomic E-state index is 0.528. The second-order valence-corrected chi connectivity index (χ2v) is 5.91. The molecule has 0 amide bonds. The van der Waals surface area contributed by atoms with Crippen LogP contribution in [0.4, 0.5) is 13.2 Å². The van der Waals surface area contributed by atoms with Crippen molar-refractivity contribution in [3.05, 3.63) is 84.7 Å². The van der Waals surface area contributed by atoms with E-state index in [1.807, 2.05) is 30.3 Å². The minimum atomic E-state index is -4.36. The lowest BCUT2D eigenvalue weighted by Gasteiger charge is -2.09. The van der Waals surface area contributed by atoms with Crippen molar-refractivity contribution in [2.45, 2.75) is 6.18 Å². The second-order valence-electron chi connectivity index (χ2n) is 5.91. The molecule has 0 aliphatic rings. The summed E-state index contributed by atoms with van der Waals surface area (Å²) in [5.74, 6) is 1.15. The highest BCUT2D eigenvalue weighted by Gasteiger charge is 2.30. The fourth-order valence-electron chi connectivity index (χ4n) is 2.71. The third-order valence-corrected chi connectivity index (χ3v) is 4.05. The van der Waals surface area contributed by atoms with Crippen LogP contribution >= 0.6 is 0 Å². The first-order valence-electron chi connectivity index (χ1n) is 8.15. The number of aromatic nitrogens is 2. The maximum Gasteiger partial charge on any atom is 0.416 e. The molecule has 0 saturated carbocycles. The highest BCUT2D eigenvalue weighted by atomic mass is 19.4. The molecule has 2 heterocycles. The molecule has 0 fully saturated rings. The van der Waals surface area contributed by atoms with Crippen LogP contribution in [0.25, 0.3) is 22.2 Å². The van der Waals surface area contributed by atoms with Gasteiger partial charge in [-0.2, -0.15) is 13.2 Å². The SMILES string of the molecule is FC(F)(F)c1ccc(-c2cc(Oc3ccc4cccnc4c3)ccn2)cc1. The summed E-state index contributed by atoms with van der Waals surface area (Å²) in [7, 11) is 0.